The fraction of sp³-hybridized carbons (Fsp3) is 0.714. The summed E-state index contributed by atoms with van der Waals surface area (Å²) in [6.07, 6.45) is 4.92. The van der Waals surface area contributed by atoms with Crippen molar-refractivity contribution in [2.45, 2.75) is 43.5 Å². The second-order valence-corrected chi connectivity index (χ2v) is 8.11. The molecule has 2 aliphatic rings. The van der Waals surface area contributed by atoms with Crippen LogP contribution in [0.5, 0.6) is 0 Å². The van der Waals surface area contributed by atoms with Gasteiger partial charge in [-0.15, -0.1) is 0 Å². The first kappa shape index (κ1) is 15.5. The molecular formula is C14H22N4O3S. The van der Waals surface area contributed by atoms with Crippen molar-refractivity contribution < 1.29 is 13.2 Å². The van der Waals surface area contributed by atoms with E-state index in [0.717, 1.165) is 19.3 Å². The molecule has 1 saturated heterocycles. The van der Waals surface area contributed by atoms with Crippen LogP contribution in [-0.2, 0) is 21.9 Å². The number of nitrogens with zero attached hydrogens (tertiary/aromatic N) is 3. The van der Waals surface area contributed by atoms with Gasteiger partial charge in [0.05, 0.1) is 17.8 Å². The second kappa shape index (κ2) is 5.66. The maximum absolute atomic E-state index is 12.8. The highest BCUT2D eigenvalue weighted by Crippen LogP contribution is 2.26. The van der Waals surface area contributed by atoms with E-state index in [-0.39, 0.29) is 23.3 Å². The van der Waals surface area contributed by atoms with E-state index in [1.807, 2.05) is 0 Å². The smallest absolute Gasteiger partial charge is 0.246 e. The molecule has 1 saturated carbocycles. The highest BCUT2D eigenvalue weighted by molar-refractivity contribution is 7.89. The van der Waals surface area contributed by atoms with E-state index in [1.54, 1.807) is 18.7 Å². The summed E-state index contributed by atoms with van der Waals surface area (Å²) < 4.78 is 28.5. The van der Waals surface area contributed by atoms with Crippen molar-refractivity contribution in [3.8, 4) is 0 Å². The van der Waals surface area contributed by atoms with Crippen molar-refractivity contribution in [1.29, 1.82) is 0 Å². The van der Waals surface area contributed by atoms with E-state index in [9.17, 15) is 13.2 Å². The van der Waals surface area contributed by atoms with Gasteiger partial charge in [-0.3, -0.25) is 9.48 Å². The summed E-state index contributed by atoms with van der Waals surface area (Å²) in [5, 5.41) is 6.98. The Morgan fingerprint density at radius 1 is 1.36 bits per heavy atom. The Morgan fingerprint density at radius 2 is 2.09 bits per heavy atom. The lowest BCUT2D eigenvalue weighted by molar-refractivity contribution is -0.126. The van der Waals surface area contributed by atoms with Gasteiger partial charge < -0.3 is 5.32 Å². The van der Waals surface area contributed by atoms with Crippen LogP contribution < -0.4 is 5.32 Å². The van der Waals surface area contributed by atoms with Gasteiger partial charge in [0.25, 0.3) is 0 Å². The summed E-state index contributed by atoms with van der Waals surface area (Å²) in [4.78, 5) is 12.4. The van der Waals surface area contributed by atoms with Crippen molar-refractivity contribution >= 4 is 15.9 Å². The van der Waals surface area contributed by atoms with E-state index in [0.29, 0.717) is 24.7 Å². The lowest BCUT2D eigenvalue weighted by Gasteiger charge is -2.31. The lowest BCUT2D eigenvalue weighted by Crippen LogP contribution is -2.45. The minimum absolute atomic E-state index is 0.00897. The average Bonchev–Trinajstić information content (AvgIpc) is 3.24. The Hall–Kier alpha value is -1.41. The number of aromatic nitrogens is 2. The number of amides is 1. The third-order valence-electron chi connectivity index (χ3n) is 4.49. The van der Waals surface area contributed by atoms with Crippen molar-refractivity contribution in [2.24, 2.45) is 13.0 Å². The SMILES string of the molecule is Cc1c(S(=O)(=O)N2CCC[C@@H](C(=O)NC3CC3)C2)cnn1C. The molecule has 3 rings (SSSR count). The van der Waals surface area contributed by atoms with Crippen LogP contribution in [0.15, 0.2) is 11.1 Å². The van der Waals surface area contributed by atoms with Crippen LogP contribution in [0.3, 0.4) is 0 Å². The van der Waals surface area contributed by atoms with Gasteiger partial charge in [-0.1, -0.05) is 0 Å². The Balaban J connectivity index is 1.75. The highest BCUT2D eigenvalue weighted by Gasteiger charge is 2.36. The van der Waals surface area contributed by atoms with Crippen LogP contribution in [-0.4, -0.2) is 47.5 Å². The van der Waals surface area contributed by atoms with Crippen LogP contribution in [0.1, 0.15) is 31.4 Å². The maximum atomic E-state index is 12.8. The normalized spacial score (nSPS) is 23.5. The van der Waals surface area contributed by atoms with Crippen molar-refractivity contribution in [3.05, 3.63) is 11.9 Å². The molecule has 8 heteroatoms. The molecule has 2 heterocycles. The quantitative estimate of drug-likeness (QED) is 0.868. The molecule has 122 valence electrons. The molecule has 1 aliphatic heterocycles. The van der Waals surface area contributed by atoms with Crippen LogP contribution in [0.25, 0.3) is 0 Å². The molecule has 2 fully saturated rings. The zero-order valence-corrected chi connectivity index (χ0v) is 13.8. The van der Waals surface area contributed by atoms with E-state index >= 15 is 0 Å². The van der Waals surface area contributed by atoms with Gasteiger partial charge in [0.1, 0.15) is 4.90 Å². The predicted octanol–water partition coefficient (Wildman–Crippen LogP) is 0.408. The zero-order chi connectivity index (χ0) is 15.9. The lowest BCUT2D eigenvalue weighted by atomic mass is 9.99. The molecular weight excluding hydrogens is 304 g/mol. The second-order valence-electron chi connectivity index (χ2n) is 6.20. The van der Waals surface area contributed by atoms with Gasteiger partial charge in [-0.05, 0) is 32.6 Å². The van der Waals surface area contributed by atoms with E-state index in [1.165, 1.54) is 10.5 Å². The molecule has 0 unspecified atom stereocenters. The molecule has 1 aromatic rings. The first-order valence-corrected chi connectivity index (χ1v) is 9.12. The summed E-state index contributed by atoms with van der Waals surface area (Å²) in [7, 11) is -1.86. The molecule has 1 aliphatic carbocycles. The predicted molar refractivity (Wildman–Crippen MR) is 80.6 cm³/mol. The molecule has 0 radical (unpaired) electrons. The maximum Gasteiger partial charge on any atom is 0.246 e. The monoisotopic (exact) mass is 326 g/mol. The summed E-state index contributed by atoms with van der Waals surface area (Å²) in [6.45, 7) is 2.46. The Labute approximate surface area is 130 Å². The topological polar surface area (TPSA) is 84.3 Å². The Morgan fingerprint density at radius 3 is 2.68 bits per heavy atom. The van der Waals surface area contributed by atoms with Crippen LogP contribution >= 0.6 is 0 Å². The first-order chi connectivity index (χ1) is 10.4. The summed E-state index contributed by atoms with van der Waals surface area (Å²) in [5.74, 6) is -0.258. The van der Waals surface area contributed by atoms with Gasteiger partial charge in [-0.25, -0.2) is 8.42 Å². The van der Waals surface area contributed by atoms with E-state index < -0.39 is 10.0 Å². The zero-order valence-electron chi connectivity index (χ0n) is 12.9. The van der Waals surface area contributed by atoms with Gasteiger partial charge in [0.15, 0.2) is 0 Å². The standard InChI is InChI=1S/C14H22N4O3S/c1-10-13(8-15-17(10)2)22(20,21)18-7-3-4-11(9-18)14(19)16-12-5-6-12/h8,11-12H,3-7,9H2,1-2H3,(H,16,19)/t11-/m1/s1. The number of hydrogen-bond donors (Lipinski definition) is 1. The van der Waals surface area contributed by atoms with Gasteiger partial charge >= 0.3 is 0 Å². The fourth-order valence-corrected chi connectivity index (χ4v) is 4.50. The number of piperidine rings is 1. The van der Waals surface area contributed by atoms with Crippen LogP contribution in [0, 0.1) is 12.8 Å². The molecule has 1 atom stereocenters. The largest absolute Gasteiger partial charge is 0.353 e. The molecule has 7 nitrogen and oxygen atoms in total. The van der Waals surface area contributed by atoms with Gasteiger partial charge in [0.2, 0.25) is 15.9 Å². The molecule has 22 heavy (non-hydrogen) atoms. The number of hydrogen-bond acceptors (Lipinski definition) is 4. The molecule has 1 amide bonds. The van der Waals surface area contributed by atoms with Crippen molar-refractivity contribution in [2.75, 3.05) is 13.1 Å². The number of rotatable bonds is 4. The third-order valence-corrected chi connectivity index (χ3v) is 6.45. The minimum atomic E-state index is -3.58. The van der Waals surface area contributed by atoms with Crippen LogP contribution in [0.4, 0.5) is 0 Å². The molecule has 0 bridgehead atoms. The Kier molecular flexibility index (Phi) is 3.98. The number of sulfonamides is 1. The first-order valence-electron chi connectivity index (χ1n) is 7.68. The van der Waals surface area contributed by atoms with Gasteiger partial charge in [0, 0.05) is 26.2 Å². The van der Waals surface area contributed by atoms with Gasteiger partial charge in [-0.2, -0.15) is 9.40 Å². The van der Waals surface area contributed by atoms with Crippen LogP contribution in [0.2, 0.25) is 0 Å². The molecule has 0 aromatic carbocycles. The number of nitrogens with one attached hydrogen (secondary N) is 1. The number of carbonyl (C=O) groups is 1. The summed E-state index contributed by atoms with van der Waals surface area (Å²) in [6, 6.07) is 0.306. The van der Waals surface area contributed by atoms with Crippen molar-refractivity contribution in [3.63, 3.8) is 0 Å². The molecule has 1 aromatic heterocycles. The number of carbonyl (C=O) groups excluding carboxylic acids is 1. The molecule has 1 N–H and O–H groups in total. The number of aryl methyl sites for hydroxylation is 1. The average molecular weight is 326 g/mol. The third kappa shape index (κ3) is 2.89. The fourth-order valence-electron chi connectivity index (χ4n) is 2.79. The van der Waals surface area contributed by atoms with Crippen molar-refractivity contribution in [1.82, 2.24) is 19.4 Å². The summed E-state index contributed by atoms with van der Waals surface area (Å²) >= 11 is 0. The molecule has 0 spiro atoms. The summed E-state index contributed by atoms with van der Waals surface area (Å²) in [5.41, 5.74) is 0.615. The van der Waals surface area contributed by atoms with E-state index in [4.69, 9.17) is 0 Å². The van der Waals surface area contributed by atoms with E-state index in [2.05, 4.69) is 10.4 Å². The highest BCUT2D eigenvalue weighted by atomic mass is 32.2. The Bertz CT molecular complexity index is 678. The minimum Gasteiger partial charge on any atom is -0.353 e.